The topological polar surface area (TPSA) is 81.7 Å². The lowest BCUT2D eigenvalue weighted by molar-refractivity contribution is 0.0947. The molecule has 0 bridgehead atoms. The molecule has 35 heavy (non-hydrogen) atoms. The van der Waals surface area contributed by atoms with Crippen molar-refractivity contribution in [3.8, 4) is 0 Å². The lowest BCUT2D eigenvalue weighted by Crippen LogP contribution is -2.42. The number of urea groups is 1. The van der Waals surface area contributed by atoms with Gasteiger partial charge in [-0.3, -0.25) is 4.79 Å². The second-order valence-electron chi connectivity index (χ2n) is 8.23. The quantitative estimate of drug-likeness (QED) is 0.340. The van der Waals surface area contributed by atoms with Crippen LogP contribution in [-0.4, -0.2) is 34.5 Å². The van der Waals surface area contributed by atoms with Crippen molar-refractivity contribution in [2.75, 3.05) is 11.9 Å². The van der Waals surface area contributed by atoms with Gasteiger partial charge in [-0.2, -0.15) is 0 Å². The first kappa shape index (κ1) is 26.5. The van der Waals surface area contributed by atoms with Crippen LogP contribution in [0, 0.1) is 5.82 Å². The molecule has 0 radical (unpaired) electrons. The molecule has 1 atom stereocenters. The molecule has 0 saturated carbocycles. The van der Waals surface area contributed by atoms with E-state index in [0.717, 1.165) is 5.56 Å². The van der Waals surface area contributed by atoms with Crippen molar-refractivity contribution in [1.29, 1.82) is 0 Å². The summed E-state index contributed by atoms with van der Waals surface area (Å²) in [5.41, 5.74) is 1.87. The minimum Gasteiger partial charge on any atom is -0.387 e. The average Bonchev–Trinajstić information content (AvgIpc) is 2.83. The molecule has 0 heterocycles. The second-order valence-corrected chi connectivity index (χ2v) is 9.04. The van der Waals surface area contributed by atoms with Crippen LogP contribution < -0.4 is 10.6 Å². The molecule has 0 saturated heterocycles. The van der Waals surface area contributed by atoms with E-state index in [1.165, 1.54) is 23.1 Å². The minimum atomic E-state index is -0.946. The third-order valence-electron chi connectivity index (χ3n) is 5.36. The zero-order chi connectivity index (χ0) is 25.5. The Hall–Kier alpha value is -3.13. The number of rotatable bonds is 8. The summed E-state index contributed by atoms with van der Waals surface area (Å²) < 4.78 is 13.7. The molecule has 0 unspecified atom stereocenters. The van der Waals surface area contributed by atoms with Gasteiger partial charge in [0.05, 0.1) is 28.3 Å². The number of benzene rings is 3. The molecular formula is C26H26Cl2FN3O3. The van der Waals surface area contributed by atoms with E-state index >= 15 is 0 Å². The standard InChI is InChI=1S/C26H26Cl2FN3O3/c1-16(2)32(15-24(33)18-9-12-21(27)22(28)13-18)26(35)31-19-10-7-17(8-11-19)14-30-25(34)20-5-3-4-6-23(20)29/h3-13,16,24,33H,14-15H2,1-2H3,(H,30,34)(H,31,35)/t24-/m1/s1. The SMILES string of the molecule is CC(C)N(C[C@@H](O)c1ccc(Cl)c(Cl)c1)C(=O)Nc1ccc(CNC(=O)c2ccccc2F)cc1. The number of carbonyl (C=O) groups is 2. The molecule has 0 aliphatic rings. The van der Waals surface area contributed by atoms with E-state index in [1.807, 2.05) is 13.8 Å². The van der Waals surface area contributed by atoms with Gasteiger partial charge < -0.3 is 20.6 Å². The zero-order valence-corrected chi connectivity index (χ0v) is 20.8. The zero-order valence-electron chi connectivity index (χ0n) is 19.3. The molecule has 0 aliphatic heterocycles. The summed E-state index contributed by atoms with van der Waals surface area (Å²) in [5.74, 6) is -1.09. The number of hydrogen-bond donors (Lipinski definition) is 3. The van der Waals surface area contributed by atoms with E-state index in [9.17, 15) is 19.1 Å². The van der Waals surface area contributed by atoms with Gasteiger partial charge in [-0.25, -0.2) is 9.18 Å². The van der Waals surface area contributed by atoms with Crippen molar-refractivity contribution < 1.29 is 19.1 Å². The Kier molecular flexibility index (Phi) is 9.09. The number of hydrogen-bond acceptors (Lipinski definition) is 3. The molecule has 3 aromatic rings. The van der Waals surface area contributed by atoms with Gasteiger partial charge in [-0.15, -0.1) is 0 Å². The van der Waals surface area contributed by atoms with Crippen molar-refractivity contribution in [2.45, 2.75) is 32.5 Å². The van der Waals surface area contributed by atoms with Crippen molar-refractivity contribution in [2.24, 2.45) is 0 Å². The first-order chi connectivity index (χ1) is 16.7. The summed E-state index contributed by atoms with van der Waals surface area (Å²) in [5, 5.41) is 16.8. The molecule has 0 aromatic heterocycles. The Morgan fingerprint density at radius 1 is 1.00 bits per heavy atom. The molecule has 3 N–H and O–H groups in total. The van der Waals surface area contributed by atoms with Crippen LogP contribution in [0.4, 0.5) is 14.9 Å². The van der Waals surface area contributed by atoms with Crippen molar-refractivity contribution >= 4 is 40.8 Å². The van der Waals surface area contributed by atoms with Crippen molar-refractivity contribution in [3.63, 3.8) is 0 Å². The van der Waals surface area contributed by atoms with E-state index in [-0.39, 0.29) is 30.7 Å². The third-order valence-corrected chi connectivity index (χ3v) is 6.10. The largest absolute Gasteiger partial charge is 0.387 e. The predicted octanol–water partition coefficient (Wildman–Crippen LogP) is 6.04. The fraction of sp³-hybridized carbons (Fsp3) is 0.231. The van der Waals surface area contributed by atoms with Crippen molar-refractivity contribution in [1.82, 2.24) is 10.2 Å². The molecule has 6 nitrogen and oxygen atoms in total. The van der Waals surface area contributed by atoms with Gasteiger partial charge in [0.1, 0.15) is 5.82 Å². The van der Waals surface area contributed by atoms with Crippen LogP contribution in [0.15, 0.2) is 66.7 Å². The number of amides is 3. The van der Waals surface area contributed by atoms with E-state index in [1.54, 1.807) is 48.5 Å². The predicted molar refractivity (Wildman–Crippen MR) is 136 cm³/mol. The van der Waals surface area contributed by atoms with E-state index in [2.05, 4.69) is 10.6 Å². The van der Waals surface area contributed by atoms with Crippen LogP contribution in [0.5, 0.6) is 0 Å². The maximum atomic E-state index is 13.7. The van der Waals surface area contributed by atoms with Crippen molar-refractivity contribution in [3.05, 3.63) is 99.3 Å². The first-order valence-electron chi connectivity index (χ1n) is 11.0. The molecule has 9 heteroatoms. The molecule has 0 fully saturated rings. The highest BCUT2D eigenvalue weighted by Crippen LogP contribution is 2.26. The first-order valence-corrected chi connectivity index (χ1v) is 11.7. The molecular weight excluding hydrogens is 492 g/mol. The normalized spacial score (nSPS) is 11.7. The number of nitrogens with zero attached hydrogens (tertiary/aromatic N) is 1. The highest BCUT2D eigenvalue weighted by Gasteiger charge is 2.22. The summed E-state index contributed by atoms with van der Waals surface area (Å²) in [4.78, 5) is 26.6. The van der Waals surface area contributed by atoms with E-state index in [4.69, 9.17) is 23.2 Å². The van der Waals surface area contributed by atoms with Gasteiger partial charge in [-0.05, 0) is 61.4 Å². The fourth-order valence-corrected chi connectivity index (χ4v) is 3.67. The smallest absolute Gasteiger partial charge is 0.322 e. The fourth-order valence-electron chi connectivity index (χ4n) is 3.36. The van der Waals surface area contributed by atoms with E-state index in [0.29, 0.717) is 21.3 Å². The Labute approximate surface area is 213 Å². The van der Waals surface area contributed by atoms with E-state index < -0.39 is 17.8 Å². The minimum absolute atomic E-state index is 0.0202. The van der Waals surface area contributed by atoms with Gasteiger partial charge in [0.15, 0.2) is 0 Å². The monoisotopic (exact) mass is 517 g/mol. The number of aliphatic hydroxyl groups is 1. The van der Waals surface area contributed by atoms with Crippen LogP contribution in [0.3, 0.4) is 0 Å². The number of carbonyl (C=O) groups excluding carboxylic acids is 2. The summed E-state index contributed by atoms with van der Waals surface area (Å²) in [6, 6.07) is 17.0. The van der Waals surface area contributed by atoms with Crippen LogP contribution in [-0.2, 0) is 6.54 Å². The third kappa shape index (κ3) is 7.18. The maximum absolute atomic E-state index is 13.7. The molecule has 184 valence electrons. The Balaban J connectivity index is 1.58. The Morgan fingerprint density at radius 3 is 2.31 bits per heavy atom. The highest BCUT2D eigenvalue weighted by atomic mass is 35.5. The molecule has 0 spiro atoms. The molecule has 3 amide bonds. The Bertz CT molecular complexity index is 1190. The summed E-state index contributed by atoms with van der Waals surface area (Å²) in [7, 11) is 0. The van der Waals surface area contributed by atoms with Gasteiger partial charge >= 0.3 is 6.03 Å². The van der Waals surface area contributed by atoms with Crippen LogP contribution in [0.2, 0.25) is 10.0 Å². The van der Waals surface area contributed by atoms with Gasteiger partial charge in [-0.1, -0.05) is 53.5 Å². The molecule has 3 rings (SSSR count). The number of aliphatic hydroxyl groups excluding tert-OH is 1. The molecule has 0 aliphatic carbocycles. The van der Waals surface area contributed by atoms with Crippen LogP contribution >= 0.6 is 23.2 Å². The van der Waals surface area contributed by atoms with Gasteiger partial charge in [0.25, 0.3) is 5.91 Å². The lowest BCUT2D eigenvalue weighted by Gasteiger charge is -2.29. The maximum Gasteiger partial charge on any atom is 0.322 e. The summed E-state index contributed by atoms with van der Waals surface area (Å²) in [6.45, 7) is 3.96. The second kappa shape index (κ2) is 12.0. The molecule has 3 aromatic carbocycles. The number of halogens is 3. The van der Waals surface area contributed by atoms with Crippen LogP contribution in [0.1, 0.15) is 41.4 Å². The number of nitrogens with one attached hydrogen (secondary N) is 2. The van der Waals surface area contributed by atoms with Gasteiger partial charge in [0, 0.05) is 18.3 Å². The number of anilines is 1. The summed E-state index contributed by atoms with van der Waals surface area (Å²) in [6.07, 6.45) is -0.946. The average molecular weight is 518 g/mol. The highest BCUT2D eigenvalue weighted by molar-refractivity contribution is 6.42. The van der Waals surface area contributed by atoms with Crippen LogP contribution in [0.25, 0.3) is 0 Å². The Morgan fingerprint density at radius 2 is 1.69 bits per heavy atom. The summed E-state index contributed by atoms with van der Waals surface area (Å²) >= 11 is 12.0. The van der Waals surface area contributed by atoms with Gasteiger partial charge in [0.2, 0.25) is 0 Å². The lowest BCUT2D eigenvalue weighted by atomic mass is 10.1.